The molecule has 0 saturated heterocycles. The molecule has 8 heteroatoms. The van der Waals surface area contributed by atoms with Crippen molar-refractivity contribution in [1.82, 2.24) is 9.29 Å². The number of sulfonamides is 1. The highest BCUT2D eigenvalue weighted by Gasteiger charge is 2.18. The maximum absolute atomic E-state index is 12.2. The summed E-state index contributed by atoms with van der Waals surface area (Å²) >= 11 is 0. The van der Waals surface area contributed by atoms with Crippen molar-refractivity contribution in [1.29, 1.82) is 0 Å². The van der Waals surface area contributed by atoms with Gasteiger partial charge in [0.05, 0.1) is 11.5 Å². The first-order chi connectivity index (χ1) is 11.8. The molecule has 0 aliphatic heterocycles. The zero-order chi connectivity index (χ0) is 18.4. The van der Waals surface area contributed by atoms with Crippen LogP contribution < -0.4 is 15.0 Å². The largest absolute Gasteiger partial charge is 0.488 e. The van der Waals surface area contributed by atoms with Gasteiger partial charge in [-0.3, -0.25) is 9.59 Å². The number of amides is 1. The van der Waals surface area contributed by atoms with Crippen LogP contribution >= 0.6 is 0 Å². The molecule has 0 saturated carbocycles. The van der Waals surface area contributed by atoms with Crippen molar-refractivity contribution in [3.05, 3.63) is 58.5 Å². The summed E-state index contributed by atoms with van der Waals surface area (Å²) in [5.74, 6) is -0.686. The summed E-state index contributed by atoms with van der Waals surface area (Å²) in [7, 11) is -3.98. The molecule has 0 atom stereocenters. The molecule has 7 nitrogen and oxygen atoms in total. The van der Waals surface area contributed by atoms with Crippen molar-refractivity contribution in [3.8, 4) is 5.75 Å². The Morgan fingerprint density at radius 2 is 1.88 bits per heavy atom. The molecule has 1 aromatic heterocycles. The van der Waals surface area contributed by atoms with Gasteiger partial charge >= 0.3 is 0 Å². The molecule has 25 heavy (non-hydrogen) atoms. The molecule has 0 bridgehead atoms. The summed E-state index contributed by atoms with van der Waals surface area (Å²) in [6.07, 6.45) is 2.14. The lowest BCUT2D eigenvalue weighted by atomic mass is 10.2. The van der Waals surface area contributed by atoms with Crippen molar-refractivity contribution in [2.75, 3.05) is 6.61 Å². The number of benzene rings is 1. The highest BCUT2D eigenvalue weighted by molar-refractivity contribution is 7.90. The Kier molecular flexibility index (Phi) is 5.97. The Hall–Kier alpha value is -2.61. The molecular formula is C17H20N2O5S. The van der Waals surface area contributed by atoms with Crippen LogP contribution in [0.1, 0.15) is 18.9 Å². The van der Waals surface area contributed by atoms with Crippen molar-refractivity contribution in [3.63, 3.8) is 0 Å². The first-order valence-corrected chi connectivity index (χ1v) is 9.26. The molecule has 2 aromatic rings. The molecule has 2 rings (SSSR count). The third-order valence-electron chi connectivity index (χ3n) is 3.34. The molecule has 134 valence electrons. The van der Waals surface area contributed by atoms with Crippen LogP contribution in [0.4, 0.5) is 0 Å². The standard InChI is InChI=1S/C17H20N2O5S/c1-3-11-24-15-5-4-10-19(17(15)21)12-16(20)18-25(22,23)14-8-6-13(2)7-9-14/h4-10H,3,11-12H2,1-2H3,(H,18,20). The minimum Gasteiger partial charge on any atom is -0.488 e. The fourth-order valence-corrected chi connectivity index (χ4v) is 3.05. The topological polar surface area (TPSA) is 94.5 Å². The van der Waals surface area contributed by atoms with Gasteiger partial charge < -0.3 is 9.30 Å². The predicted octanol–water partition coefficient (Wildman–Crippen LogP) is 1.45. The summed E-state index contributed by atoms with van der Waals surface area (Å²) in [6, 6.07) is 9.17. The van der Waals surface area contributed by atoms with Crippen LogP contribution in [0.5, 0.6) is 5.75 Å². The molecule has 0 spiro atoms. The van der Waals surface area contributed by atoms with Gasteiger partial charge in [0.15, 0.2) is 5.75 Å². The Labute approximate surface area is 146 Å². The molecule has 1 N–H and O–H groups in total. The third kappa shape index (κ3) is 4.93. The molecule has 1 amide bonds. The summed E-state index contributed by atoms with van der Waals surface area (Å²) < 4.78 is 32.8. The van der Waals surface area contributed by atoms with Gasteiger partial charge in [0.2, 0.25) is 0 Å². The molecule has 0 unspecified atom stereocenters. The zero-order valence-corrected chi connectivity index (χ0v) is 14.9. The van der Waals surface area contributed by atoms with Crippen molar-refractivity contribution in [2.45, 2.75) is 31.7 Å². The fourth-order valence-electron chi connectivity index (χ4n) is 2.07. The Balaban J connectivity index is 2.12. The van der Waals surface area contributed by atoms with Crippen LogP contribution in [0, 0.1) is 6.92 Å². The number of carbonyl (C=O) groups excluding carboxylic acids is 1. The van der Waals surface area contributed by atoms with Gasteiger partial charge in [0, 0.05) is 6.20 Å². The highest BCUT2D eigenvalue weighted by Crippen LogP contribution is 2.10. The van der Waals surface area contributed by atoms with Gasteiger partial charge in [-0.05, 0) is 37.6 Å². The normalized spacial score (nSPS) is 11.1. The lowest BCUT2D eigenvalue weighted by Gasteiger charge is -2.10. The van der Waals surface area contributed by atoms with E-state index in [1.165, 1.54) is 24.4 Å². The number of hydrogen-bond donors (Lipinski definition) is 1. The molecule has 0 radical (unpaired) electrons. The van der Waals surface area contributed by atoms with Gasteiger partial charge in [-0.1, -0.05) is 24.6 Å². The molecule has 1 heterocycles. The maximum atomic E-state index is 12.2. The first kappa shape index (κ1) is 18.7. The van der Waals surface area contributed by atoms with Crippen molar-refractivity contribution < 1.29 is 17.9 Å². The number of nitrogens with one attached hydrogen (secondary N) is 1. The number of aryl methyl sites for hydroxylation is 1. The Morgan fingerprint density at radius 1 is 1.20 bits per heavy atom. The molecule has 0 aliphatic rings. The first-order valence-electron chi connectivity index (χ1n) is 7.78. The van der Waals surface area contributed by atoms with E-state index in [2.05, 4.69) is 0 Å². The molecule has 0 aliphatic carbocycles. The number of pyridine rings is 1. The summed E-state index contributed by atoms with van der Waals surface area (Å²) in [5, 5.41) is 0. The van der Waals surface area contributed by atoms with Gasteiger partial charge in [-0.2, -0.15) is 0 Å². The average Bonchev–Trinajstić information content (AvgIpc) is 2.55. The van der Waals surface area contributed by atoms with Gasteiger partial charge in [-0.15, -0.1) is 0 Å². The molecular weight excluding hydrogens is 344 g/mol. The highest BCUT2D eigenvalue weighted by atomic mass is 32.2. The lowest BCUT2D eigenvalue weighted by Crippen LogP contribution is -2.36. The van der Waals surface area contributed by atoms with Crippen LogP contribution in [0.3, 0.4) is 0 Å². The summed E-state index contributed by atoms with van der Waals surface area (Å²) in [5.41, 5.74) is 0.416. The van der Waals surface area contributed by atoms with E-state index in [0.717, 1.165) is 16.6 Å². The number of aromatic nitrogens is 1. The van der Waals surface area contributed by atoms with E-state index < -0.39 is 28.0 Å². The van der Waals surface area contributed by atoms with E-state index in [-0.39, 0.29) is 10.6 Å². The minimum atomic E-state index is -3.98. The quantitative estimate of drug-likeness (QED) is 0.802. The van der Waals surface area contributed by atoms with E-state index in [4.69, 9.17) is 4.74 Å². The minimum absolute atomic E-state index is 0.0150. The van der Waals surface area contributed by atoms with E-state index >= 15 is 0 Å². The van der Waals surface area contributed by atoms with Crippen LogP contribution in [-0.4, -0.2) is 25.5 Å². The van der Waals surface area contributed by atoms with E-state index in [1.54, 1.807) is 18.2 Å². The molecule has 1 aromatic carbocycles. The smallest absolute Gasteiger partial charge is 0.293 e. The Bertz CT molecular complexity index is 901. The zero-order valence-electron chi connectivity index (χ0n) is 14.1. The van der Waals surface area contributed by atoms with Gasteiger partial charge in [0.1, 0.15) is 6.54 Å². The van der Waals surface area contributed by atoms with Crippen LogP contribution in [0.2, 0.25) is 0 Å². The van der Waals surface area contributed by atoms with Crippen LogP contribution in [0.25, 0.3) is 0 Å². The Morgan fingerprint density at radius 3 is 2.52 bits per heavy atom. The van der Waals surface area contributed by atoms with E-state index in [1.807, 2.05) is 18.6 Å². The number of rotatable bonds is 7. The monoisotopic (exact) mass is 364 g/mol. The summed E-state index contributed by atoms with van der Waals surface area (Å²) in [4.78, 5) is 24.2. The lowest BCUT2D eigenvalue weighted by molar-refractivity contribution is -0.119. The van der Waals surface area contributed by atoms with Crippen molar-refractivity contribution in [2.24, 2.45) is 0 Å². The number of ether oxygens (including phenoxy) is 1. The van der Waals surface area contributed by atoms with Crippen molar-refractivity contribution >= 4 is 15.9 Å². The predicted molar refractivity (Wildman–Crippen MR) is 93.0 cm³/mol. The van der Waals surface area contributed by atoms with E-state index in [9.17, 15) is 18.0 Å². The second-order valence-corrected chi connectivity index (χ2v) is 7.18. The SMILES string of the molecule is CCCOc1cccn(CC(=O)NS(=O)(=O)c2ccc(C)cc2)c1=O. The van der Waals surface area contributed by atoms with Crippen LogP contribution in [-0.2, 0) is 21.4 Å². The summed E-state index contributed by atoms with van der Waals surface area (Å²) in [6.45, 7) is 3.69. The second-order valence-electron chi connectivity index (χ2n) is 5.50. The third-order valence-corrected chi connectivity index (χ3v) is 4.73. The number of hydrogen-bond acceptors (Lipinski definition) is 5. The number of carbonyl (C=O) groups is 1. The number of nitrogens with zero attached hydrogens (tertiary/aromatic N) is 1. The second kappa shape index (κ2) is 7.98. The average molecular weight is 364 g/mol. The van der Waals surface area contributed by atoms with Crippen LogP contribution in [0.15, 0.2) is 52.3 Å². The van der Waals surface area contributed by atoms with Gasteiger partial charge in [0.25, 0.3) is 21.5 Å². The van der Waals surface area contributed by atoms with E-state index in [0.29, 0.717) is 6.61 Å². The molecule has 0 fully saturated rings. The van der Waals surface area contributed by atoms with Gasteiger partial charge in [-0.25, -0.2) is 13.1 Å². The maximum Gasteiger partial charge on any atom is 0.293 e. The fraction of sp³-hybridized carbons (Fsp3) is 0.294.